The van der Waals surface area contributed by atoms with Crippen LogP contribution in [0.4, 0.5) is 0 Å². The average Bonchev–Trinajstić information content (AvgIpc) is 3.44. The lowest BCUT2D eigenvalue weighted by Crippen LogP contribution is -2.32. The molecule has 5 rings (SSSR count). The summed E-state index contributed by atoms with van der Waals surface area (Å²) in [6, 6.07) is 19.1. The number of likely N-dealkylation sites (tertiary alicyclic amines) is 1. The summed E-state index contributed by atoms with van der Waals surface area (Å²) in [6.07, 6.45) is 5.27. The van der Waals surface area contributed by atoms with Crippen LogP contribution in [0.25, 0.3) is 11.0 Å². The summed E-state index contributed by atoms with van der Waals surface area (Å²) in [4.78, 5) is 24.3. The first-order chi connectivity index (χ1) is 15.2. The molecule has 1 aliphatic rings. The predicted molar refractivity (Wildman–Crippen MR) is 119 cm³/mol. The number of amides is 1. The van der Waals surface area contributed by atoms with Gasteiger partial charge in [-0.2, -0.15) is 0 Å². The van der Waals surface area contributed by atoms with Gasteiger partial charge in [0.25, 0.3) is 5.91 Å². The number of rotatable bonds is 5. The zero-order valence-electron chi connectivity index (χ0n) is 17.4. The second kappa shape index (κ2) is 8.22. The molecule has 0 spiro atoms. The van der Waals surface area contributed by atoms with Gasteiger partial charge in [-0.1, -0.05) is 12.1 Å². The maximum atomic E-state index is 13.4. The third-order valence-corrected chi connectivity index (χ3v) is 5.78. The van der Waals surface area contributed by atoms with Crippen molar-refractivity contribution in [2.45, 2.75) is 32.4 Å². The van der Waals surface area contributed by atoms with Gasteiger partial charge < -0.3 is 14.2 Å². The Morgan fingerprint density at radius 3 is 2.68 bits per heavy atom. The molecule has 1 fully saturated rings. The number of aromatic nitrogens is 3. The molecule has 2 aromatic carbocycles. The number of carbonyl (C=O) groups excluding carboxylic acids is 1. The molecule has 1 amide bonds. The van der Waals surface area contributed by atoms with E-state index in [2.05, 4.69) is 22.5 Å². The van der Waals surface area contributed by atoms with Crippen molar-refractivity contribution < 1.29 is 9.53 Å². The smallest absolute Gasteiger partial charge is 0.254 e. The average molecular weight is 412 g/mol. The standard InChI is InChI=1S/C25H24N4O2/c1-2-28-22-9-4-3-8-21(22)27-24(28)23-10-6-16-29(23)25(30)18-11-13-19(14-12-18)31-20-7-5-15-26-17-20/h3-5,7-9,11-15,17,23H,2,6,10,16H2,1H3. The number of hydrogen-bond donors (Lipinski definition) is 0. The van der Waals surface area contributed by atoms with E-state index in [1.165, 1.54) is 0 Å². The molecule has 0 bridgehead atoms. The summed E-state index contributed by atoms with van der Waals surface area (Å²) in [5, 5.41) is 0. The fourth-order valence-electron chi connectivity index (χ4n) is 4.33. The van der Waals surface area contributed by atoms with Gasteiger partial charge >= 0.3 is 0 Å². The second-order valence-corrected chi connectivity index (χ2v) is 7.67. The Balaban J connectivity index is 1.39. The van der Waals surface area contributed by atoms with E-state index in [-0.39, 0.29) is 11.9 Å². The molecule has 6 nitrogen and oxygen atoms in total. The highest BCUT2D eigenvalue weighted by Gasteiger charge is 2.34. The summed E-state index contributed by atoms with van der Waals surface area (Å²) in [5.74, 6) is 2.35. The predicted octanol–water partition coefficient (Wildman–Crippen LogP) is 5.22. The topological polar surface area (TPSA) is 60.2 Å². The van der Waals surface area contributed by atoms with Crippen molar-refractivity contribution in [2.24, 2.45) is 0 Å². The number of carbonyl (C=O) groups is 1. The summed E-state index contributed by atoms with van der Waals surface area (Å²) < 4.78 is 8.02. The molecule has 2 aromatic heterocycles. The van der Waals surface area contributed by atoms with Gasteiger partial charge in [0.2, 0.25) is 0 Å². The lowest BCUT2D eigenvalue weighted by atomic mass is 10.1. The molecule has 0 N–H and O–H groups in total. The summed E-state index contributed by atoms with van der Waals surface area (Å²) in [5.41, 5.74) is 2.76. The van der Waals surface area contributed by atoms with Crippen LogP contribution in [0.1, 0.15) is 42.0 Å². The van der Waals surface area contributed by atoms with Gasteiger partial charge in [0.15, 0.2) is 0 Å². The lowest BCUT2D eigenvalue weighted by molar-refractivity contribution is 0.0728. The van der Waals surface area contributed by atoms with Crippen LogP contribution in [0, 0.1) is 0 Å². The highest BCUT2D eigenvalue weighted by Crippen LogP contribution is 2.34. The number of benzene rings is 2. The fraction of sp³-hybridized carbons (Fsp3) is 0.240. The van der Waals surface area contributed by atoms with E-state index >= 15 is 0 Å². The van der Waals surface area contributed by atoms with Crippen molar-refractivity contribution in [3.05, 3.63) is 84.4 Å². The molecule has 0 radical (unpaired) electrons. The lowest BCUT2D eigenvalue weighted by Gasteiger charge is -2.25. The monoisotopic (exact) mass is 412 g/mol. The number of imidazole rings is 1. The van der Waals surface area contributed by atoms with E-state index in [0.717, 1.165) is 42.8 Å². The Kier molecular flexibility index (Phi) is 5.12. The van der Waals surface area contributed by atoms with Crippen LogP contribution in [-0.2, 0) is 6.54 Å². The van der Waals surface area contributed by atoms with Crippen molar-refractivity contribution in [3.8, 4) is 11.5 Å². The SMILES string of the molecule is CCn1c(C2CCCN2C(=O)c2ccc(Oc3cccnc3)cc2)nc2ccccc21. The summed E-state index contributed by atoms with van der Waals surface area (Å²) in [7, 11) is 0. The minimum atomic E-state index is -0.00818. The molecule has 156 valence electrons. The van der Waals surface area contributed by atoms with Gasteiger partial charge in [-0.3, -0.25) is 9.78 Å². The molecule has 0 saturated carbocycles. The number of hydrogen-bond acceptors (Lipinski definition) is 4. The number of ether oxygens (including phenoxy) is 1. The molecule has 1 atom stereocenters. The molecule has 1 unspecified atom stereocenters. The van der Waals surface area contributed by atoms with Crippen LogP contribution in [0.2, 0.25) is 0 Å². The molecule has 31 heavy (non-hydrogen) atoms. The molecule has 1 saturated heterocycles. The highest BCUT2D eigenvalue weighted by molar-refractivity contribution is 5.94. The largest absolute Gasteiger partial charge is 0.456 e. The van der Waals surface area contributed by atoms with E-state index in [1.807, 2.05) is 59.5 Å². The number of aryl methyl sites for hydroxylation is 1. The third-order valence-electron chi connectivity index (χ3n) is 5.78. The minimum Gasteiger partial charge on any atom is -0.456 e. The van der Waals surface area contributed by atoms with Gasteiger partial charge in [0, 0.05) is 24.8 Å². The maximum absolute atomic E-state index is 13.4. The molecular formula is C25H24N4O2. The Hall–Kier alpha value is -3.67. The normalized spacial score (nSPS) is 16.0. The van der Waals surface area contributed by atoms with Gasteiger partial charge in [-0.25, -0.2) is 4.98 Å². The van der Waals surface area contributed by atoms with Crippen LogP contribution >= 0.6 is 0 Å². The van der Waals surface area contributed by atoms with Gasteiger partial charge in [-0.05, 0) is 68.3 Å². The number of nitrogens with zero attached hydrogens (tertiary/aromatic N) is 4. The van der Waals surface area contributed by atoms with Crippen LogP contribution in [-0.4, -0.2) is 31.9 Å². The van der Waals surface area contributed by atoms with Crippen LogP contribution < -0.4 is 4.74 Å². The quantitative estimate of drug-likeness (QED) is 0.451. The van der Waals surface area contributed by atoms with E-state index in [1.54, 1.807) is 12.4 Å². The molecule has 4 aromatic rings. The number of para-hydroxylation sites is 2. The Bertz CT molecular complexity index is 1200. The zero-order valence-corrected chi connectivity index (χ0v) is 17.4. The van der Waals surface area contributed by atoms with Crippen molar-refractivity contribution >= 4 is 16.9 Å². The molecule has 6 heteroatoms. The molecular weight excluding hydrogens is 388 g/mol. The molecule has 3 heterocycles. The zero-order chi connectivity index (χ0) is 21.2. The van der Waals surface area contributed by atoms with Crippen molar-refractivity contribution in [2.75, 3.05) is 6.54 Å². The first kappa shape index (κ1) is 19.3. The summed E-state index contributed by atoms with van der Waals surface area (Å²) in [6.45, 7) is 3.69. The van der Waals surface area contributed by atoms with Crippen molar-refractivity contribution in [1.82, 2.24) is 19.4 Å². The maximum Gasteiger partial charge on any atom is 0.254 e. The van der Waals surface area contributed by atoms with E-state index in [9.17, 15) is 4.79 Å². The summed E-state index contributed by atoms with van der Waals surface area (Å²) >= 11 is 0. The van der Waals surface area contributed by atoms with Crippen LogP contribution in [0.5, 0.6) is 11.5 Å². The van der Waals surface area contributed by atoms with Gasteiger partial charge in [-0.15, -0.1) is 0 Å². The van der Waals surface area contributed by atoms with Crippen molar-refractivity contribution in [1.29, 1.82) is 0 Å². The Morgan fingerprint density at radius 2 is 1.90 bits per heavy atom. The number of fused-ring (bicyclic) bond motifs is 1. The van der Waals surface area contributed by atoms with E-state index in [4.69, 9.17) is 9.72 Å². The Morgan fingerprint density at radius 1 is 1.06 bits per heavy atom. The van der Waals surface area contributed by atoms with Crippen LogP contribution in [0.15, 0.2) is 73.1 Å². The minimum absolute atomic E-state index is 0.00818. The fourth-order valence-corrected chi connectivity index (χ4v) is 4.33. The van der Waals surface area contributed by atoms with Crippen LogP contribution in [0.3, 0.4) is 0 Å². The highest BCUT2D eigenvalue weighted by atomic mass is 16.5. The molecule has 1 aliphatic heterocycles. The van der Waals surface area contributed by atoms with Gasteiger partial charge in [0.05, 0.1) is 23.3 Å². The third kappa shape index (κ3) is 3.65. The van der Waals surface area contributed by atoms with Crippen molar-refractivity contribution in [3.63, 3.8) is 0 Å². The first-order valence-corrected chi connectivity index (χ1v) is 10.7. The second-order valence-electron chi connectivity index (χ2n) is 7.67. The molecule has 0 aliphatic carbocycles. The van der Waals surface area contributed by atoms with Gasteiger partial charge in [0.1, 0.15) is 17.3 Å². The first-order valence-electron chi connectivity index (χ1n) is 10.7. The Labute approximate surface area is 181 Å². The number of pyridine rings is 1. The van der Waals surface area contributed by atoms with E-state index in [0.29, 0.717) is 17.1 Å². The van der Waals surface area contributed by atoms with E-state index < -0.39 is 0 Å².